The fraction of sp³-hybridized carbons (Fsp3) is 0.500. The van der Waals surface area contributed by atoms with Crippen LogP contribution in [-0.4, -0.2) is 37.8 Å². The predicted octanol–water partition coefficient (Wildman–Crippen LogP) is 3.03. The molecule has 0 unspecified atom stereocenters. The number of benzene rings is 1. The van der Waals surface area contributed by atoms with Crippen molar-refractivity contribution < 1.29 is 0 Å². The summed E-state index contributed by atoms with van der Waals surface area (Å²) in [5.41, 5.74) is 1.26. The lowest BCUT2D eigenvalue weighted by Gasteiger charge is -2.29. The molecule has 0 saturated heterocycles. The highest BCUT2D eigenvalue weighted by atomic mass is 35.5. The van der Waals surface area contributed by atoms with Crippen molar-refractivity contribution >= 4 is 34.9 Å². The van der Waals surface area contributed by atoms with Crippen LogP contribution in [0.1, 0.15) is 12.8 Å². The van der Waals surface area contributed by atoms with Gasteiger partial charge >= 0.3 is 0 Å². The van der Waals surface area contributed by atoms with Crippen LogP contribution in [0.2, 0.25) is 5.02 Å². The number of nitrogens with zero attached hydrogens (tertiary/aromatic N) is 2. The third kappa shape index (κ3) is 3.18. The number of hydrogen-bond donors (Lipinski definition) is 1. The summed E-state index contributed by atoms with van der Waals surface area (Å²) >= 11 is 8.10. The summed E-state index contributed by atoms with van der Waals surface area (Å²) in [5.74, 6) is 2.30. The van der Waals surface area contributed by atoms with Crippen LogP contribution >= 0.6 is 23.4 Å². The Bertz CT molecular complexity index is 490. The SMILES string of the molecule is Clc1ccc2c(c1)N(CC1=NCCN1)CCCCS2. The van der Waals surface area contributed by atoms with E-state index in [4.69, 9.17) is 11.6 Å². The fourth-order valence-electron chi connectivity index (χ4n) is 2.46. The van der Waals surface area contributed by atoms with Crippen LogP contribution in [0.15, 0.2) is 28.1 Å². The average Bonchev–Trinajstić information content (AvgIpc) is 2.89. The Morgan fingerprint density at radius 2 is 2.32 bits per heavy atom. The molecule has 0 bridgehead atoms. The molecule has 0 spiro atoms. The van der Waals surface area contributed by atoms with E-state index in [0.29, 0.717) is 0 Å². The van der Waals surface area contributed by atoms with Crippen molar-refractivity contribution in [2.24, 2.45) is 4.99 Å². The quantitative estimate of drug-likeness (QED) is 0.909. The van der Waals surface area contributed by atoms with Gasteiger partial charge in [0.25, 0.3) is 0 Å². The first-order valence-corrected chi connectivity index (χ1v) is 8.14. The molecule has 3 rings (SSSR count). The third-order valence-corrected chi connectivity index (χ3v) is 4.81. The largest absolute Gasteiger partial charge is 0.370 e. The molecule has 0 saturated carbocycles. The van der Waals surface area contributed by atoms with Gasteiger partial charge in [-0.25, -0.2) is 0 Å². The lowest BCUT2D eigenvalue weighted by molar-refractivity contribution is 0.743. The van der Waals surface area contributed by atoms with Gasteiger partial charge in [-0.15, -0.1) is 11.8 Å². The summed E-state index contributed by atoms with van der Waals surface area (Å²) in [7, 11) is 0. The molecule has 0 atom stereocenters. The second-order valence-electron chi connectivity index (χ2n) is 4.84. The summed E-state index contributed by atoms with van der Waals surface area (Å²) in [5, 5.41) is 4.17. The number of amidine groups is 1. The van der Waals surface area contributed by atoms with Crippen LogP contribution in [-0.2, 0) is 0 Å². The first kappa shape index (κ1) is 13.1. The Morgan fingerprint density at radius 1 is 1.37 bits per heavy atom. The average molecular weight is 296 g/mol. The summed E-state index contributed by atoms with van der Waals surface area (Å²) in [4.78, 5) is 8.25. The topological polar surface area (TPSA) is 27.6 Å². The van der Waals surface area contributed by atoms with Gasteiger partial charge in [-0.3, -0.25) is 4.99 Å². The molecule has 2 heterocycles. The van der Waals surface area contributed by atoms with Crippen molar-refractivity contribution in [1.82, 2.24) is 5.32 Å². The van der Waals surface area contributed by atoms with Gasteiger partial charge in [0, 0.05) is 23.0 Å². The highest BCUT2D eigenvalue weighted by molar-refractivity contribution is 7.99. The molecule has 5 heteroatoms. The minimum Gasteiger partial charge on any atom is -0.370 e. The minimum absolute atomic E-state index is 0.811. The number of anilines is 1. The molecule has 2 aliphatic heterocycles. The van der Waals surface area contributed by atoms with E-state index in [1.165, 1.54) is 29.2 Å². The van der Waals surface area contributed by atoms with Crippen LogP contribution in [0.3, 0.4) is 0 Å². The first-order valence-electron chi connectivity index (χ1n) is 6.77. The Kier molecular flexibility index (Phi) is 4.18. The van der Waals surface area contributed by atoms with Gasteiger partial charge in [0.1, 0.15) is 5.84 Å². The number of fused-ring (bicyclic) bond motifs is 1. The van der Waals surface area contributed by atoms with Crippen LogP contribution in [0, 0.1) is 0 Å². The Balaban J connectivity index is 1.87. The van der Waals surface area contributed by atoms with Gasteiger partial charge < -0.3 is 10.2 Å². The normalized spacial score (nSPS) is 19.2. The van der Waals surface area contributed by atoms with Crippen LogP contribution in [0.4, 0.5) is 5.69 Å². The van der Waals surface area contributed by atoms with Crippen LogP contribution in [0.25, 0.3) is 0 Å². The summed E-state index contributed by atoms with van der Waals surface area (Å²) < 4.78 is 0. The molecule has 0 amide bonds. The van der Waals surface area contributed by atoms with Gasteiger partial charge in [0.15, 0.2) is 0 Å². The van der Waals surface area contributed by atoms with Gasteiger partial charge in [0.05, 0.1) is 18.8 Å². The lowest BCUT2D eigenvalue weighted by atomic mass is 10.2. The van der Waals surface area contributed by atoms with Gasteiger partial charge in [0.2, 0.25) is 0 Å². The number of nitrogens with one attached hydrogen (secondary N) is 1. The second kappa shape index (κ2) is 6.06. The molecular formula is C14H18ClN3S. The molecule has 2 aliphatic rings. The number of hydrogen-bond acceptors (Lipinski definition) is 4. The van der Waals surface area contributed by atoms with Gasteiger partial charge in [-0.2, -0.15) is 0 Å². The van der Waals surface area contributed by atoms with Crippen molar-refractivity contribution in [2.75, 3.05) is 36.8 Å². The van der Waals surface area contributed by atoms with E-state index in [0.717, 1.165) is 37.0 Å². The van der Waals surface area contributed by atoms with E-state index in [-0.39, 0.29) is 0 Å². The molecular weight excluding hydrogens is 278 g/mol. The minimum atomic E-state index is 0.811. The molecule has 0 fully saturated rings. The summed E-state index contributed by atoms with van der Waals surface area (Å²) in [6.45, 7) is 3.82. The van der Waals surface area contributed by atoms with Crippen molar-refractivity contribution in [2.45, 2.75) is 17.7 Å². The van der Waals surface area contributed by atoms with Crippen LogP contribution in [0.5, 0.6) is 0 Å². The molecule has 3 nitrogen and oxygen atoms in total. The van der Waals surface area contributed by atoms with Gasteiger partial charge in [-0.05, 0) is 36.8 Å². The molecule has 1 N–H and O–H groups in total. The number of thioether (sulfide) groups is 1. The maximum Gasteiger partial charge on any atom is 0.116 e. The summed E-state index contributed by atoms with van der Waals surface area (Å²) in [6.07, 6.45) is 2.50. The monoisotopic (exact) mass is 295 g/mol. The van der Waals surface area contributed by atoms with E-state index in [9.17, 15) is 0 Å². The van der Waals surface area contributed by atoms with E-state index in [2.05, 4.69) is 27.3 Å². The number of rotatable bonds is 2. The highest BCUT2D eigenvalue weighted by Crippen LogP contribution is 2.35. The molecule has 0 aromatic heterocycles. The Hall–Kier alpha value is -0.870. The highest BCUT2D eigenvalue weighted by Gasteiger charge is 2.17. The zero-order valence-corrected chi connectivity index (χ0v) is 12.4. The molecule has 1 aromatic carbocycles. The molecule has 102 valence electrons. The van der Waals surface area contributed by atoms with E-state index >= 15 is 0 Å². The molecule has 0 radical (unpaired) electrons. The van der Waals surface area contributed by atoms with Gasteiger partial charge in [-0.1, -0.05) is 11.6 Å². The molecule has 1 aromatic rings. The fourth-order valence-corrected chi connectivity index (χ4v) is 3.70. The molecule has 0 aliphatic carbocycles. The van der Waals surface area contributed by atoms with Crippen molar-refractivity contribution in [1.29, 1.82) is 0 Å². The standard InChI is InChI=1S/C14H18ClN3S/c15-11-3-4-13-12(9-11)18(7-1-2-8-19-13)10-14-16-5-6-17-14/h3-4,9H,1-2,5-8,10H2,(H,16,17). The number of halogens is 1. The Morgan fingerprint density at radius 3 is 3.16 bits per heavy atom. The van der Waals surface area contributed by atoms with Crippen molar-refractivity contribution in [3.8, 4) is 0 Å². The lowest BCUT2D eigenvalue weighted by Crippen LogP contribution is -2.36. The zero-order valence-electron chi connectivity index (χ0n) is 10.9. The van der Waals surface area contributed by atoms with Crippen molar-refractivity contribution in [3.05, 3.63) is 23.2 Å². The van der Waals surface area contributed by atoms with Crippen LogP contribution < -0.4 is 10.2 Å². The Labute approximate surface area is 123 Å². The van der Waals surface area contributed by atoms with Crippen molar-refractivity contribution in [3.63, 3.8) is 0 Å². The smallest absolute Gasteiger partial charge is 0.116 e. The van der Waals surface area contributed by atoms with E-state index < -0.39 is 0 Å². The van der Waals surface area contributed by atoms with E-state index in [1.54, 1.807) is 0 Å². The zero-order chi connectivity index (χ0) is 13.1. The number of aliphatic imine (C=N–C) groups is 1. The maximum atomic E-state index is 6.17. The first-order chi connectivity index (χ1) is 9.33. The van der Waals surface area contributed by atoms with E-state index in [1.807, 2.05) is 17.8 Å². The third-order valence-electron chi connectivity index (χ3n) is 3.43. The second-order valence-corrected chi connectivity index (χ2v) is 6.42. The predicted molar refractivity (Wildman–Crippen MR) is 83.9 cm³/mol. The maximum absolute atomic E-state index is 6.17. The molecule has 19 heavy (non-hydrogen) atoms. The summed E-state index contributed by atoms with van der Waals surface area (Å²) in [6, 6.07) is 6.22.